The summed E-state index contributed by atoms with van der Waals surface area (Å²) in [4.78, 5) is 66.3. The van der Waals surface area contributed by atoms with Gasteiger partial charge < -0.3 is 15.3 Å². The number of H-pyrrole nitrogens is 1. The van der Waals surface area contributed by atoms with Crippen LogP contribution in [0.4, 0.5) is 4.79 Å². The molecule has 11 heteroatoms. The van der Waals surface area contributed by atoms with E-state index in [-0.39, 0.29) is 37.7 Å². The maximum Gasteiger partial charge on any atom is 0.328 e. The van der Waals surface area contributed by atoms with Gasteiger partial charge in [0.15, 0.2) is 0 Å². The van der Waals surface area contributed by atoms with Gasteiger partial charge in [-0.3, -0.25) is 28.8 Å². The number of aromatic amines is 1. The molecule has 1 saturated carbocycles. The summed E-state index contributed by atoms with van der Waals surface area (Å²) in [6.45, 7) is 2.22. The second-order valence-electron chi connectivity index (χ2n) is 9.26. The van der Waals surface area contributed by atoms with Crippen molar-refractivity contribution in [3.8, 4) is 0 Å². The molecule has 1 spiro atoms. The van der Waals surface area contributed by atoms with Crippen LogP contribution in [0.3, 0.4) is 0 Å². The van der Waals surface area contributed by atoms with E-state index in [1.807, 2.05) is 0 Å². The second-order valence-corrected chi connectivity index (χ2v) is 9.26. The molecule has 174 valence electrons. The normalized spacial score (nSPS) is 27.2. The Morgan fingerprint density at radius 1 is 1.19 bits per heavy atom. The molecule has 32 heavy (non-hydrogen) atoms. The molecule has 0 unspecified atom stereocenters. The van der Waals surface area contributed by atoms with Crippen LogP contribution in [0.25, 0.3) is 0 Å². The highest BCUT2D eigenvalue weighted by Gasteiger charge is 2.52. The Balaban J connectivity index is 1.36. The maximum atomic E-state index is 12.8. The number of carbonyl (C=O) groups is 3. The standard InChI is InChI=1S/C21H29N5O6/c1-20(32)9-12-24(13-14(20)25-11-6-15(27)22-18(25)30)16(28)5-4-10-26-17(29)21(23-19(26)31)7-2-3-8-21/h6,11,14,32H,2-5,7-10,12-13H2,1H3,(H,23,31)(H,22,27,30)/t14-,20-/m1/s1. The number of nitrogens with one attached hydrogen (secondary N) is 2. The molecule has 2 aliphatic heterocycles. The lowest BCUT2D eigenvalue weighted by Crippen LogP contribution is -2.55. The Morgan fingerprint density at radius 3 is 2.59 bits per heavy atom. The predicted molar refractivity (Wildman–Crippen MR) is 113 cm³/mol. The summed E-state index contributed by atoms with van der Waals surface area (Å²) in [6, 6.07) is 0.0987. The SMILES string of the molecule is C[C@@]1(O)CCN(C(=O)CCCN2C(=O)NC3(CCCC3)C2=O)C[C@H]1n1ccc(=O)[nH]c1=O. The smallest absolute Gasteiger partial charge is 0.328 e. The van der Waals surface area contributed by atoms with Crippen molar-refractivity contribution < 1.29 is 19.5 Å². The monoisotopic (exact) mass is 447 g/mol. The zero-order chi connectivity index (χ0) is 23.1. The molecule has 0 radical (unpaired) electrons. The molecule has 3 fully saturated rings. The molecule has 1 aromatic heterocycles. The summed E-state index contributed by atoms with van der Waals surface area (Å²) in [5.74, 6) is -0.371. The van der Waals surface area contributed by atoms with Gasteiger partial charge in [-0.25, -0.2) is 9.59 Å². The van der Waals surface area contributed by atoms with E-state index in [1.54, 1.807) is 11.8 Å². The van der Waals surface area contributed by atoms with Crippen LogP contribution in [-0.4, -0.2) is 73.1 Å². The summed E-state index contributed by atoms with van der Waals surface area (Å²) >= 11 is 0. The number of aromatic nitrogens is 2. The van der Waals surface area contributed by atoms with Gasteiger partial charge in [0.1, 0.15) is 5.54 Å². The first-order valence-corrected chi connectivity index (χ1v) is 11.1. The molecular weight excluding hydrogens is 418 g/mol. The molecule has 4 rings (SSSR count). The van der Waals surface area contributed by atoms with Gasteiger partial charge in [0.2, 0.25) is 5.91 Å². The Hall–Kier alpha value is -2.95. The Labute approximate surface area is 184 Å². The highest BCUT2D eigenvalue weighted by Crippen LogP contribution is 2.35. The van der Waals surface area contributed by atoms with Crippen molar-refractivity contribution >= 4 is 17.8 Å². The number of urea groups is 1. The molecule has 11 nitrogen and oxygen atoms in total. The second kappa shape index (κ2) is 8.19. The molecule has 2 saturated heterocycles. The number of carbonyl (C=O) groups excluding carboxylic acids is 3. The molecular formula is C21H29N5O6. The molecule has 3 aliphatic rings. The average molecular weight is 447 g/mol. The van der Waals surface area contributed by atoms with Crippen LogP contribution in [0.15, 0.2) is 21.9 Å². The van der Waals surface area contributed by atoms with Gasteiger partial charge in [-0.1, -0.05) is 12.8 Å². The number of amides is 4. The fraction of sp³-hybridized carbons (Fsp3) is 0.667. The fourth-order valence-corrected chi connectivity index (χ4v) is 5.05. The summed E-state index contributed by atoms with van der Waals surface area (Å²) in [5.41, 5.74) is -3.16. The lowest BCUT2D eigenvalue weighted by molar-refractivity contribution is -0.139. The number of piperidine rings is 1. The Kier molecular flexibility index (Phi) is 5.70. The minimum atomic E-state index is -1.23. The van der Waals surface area contributed by atoms with Crippen molar-refractivity contribution in [2.24, 2.45) is 0 Å². The largest absolute Gasteiger partial charge is 0.388 e. The molecule has 0 bridgehead atoms. The van der Waals surface area contributed by atoms with Crippen molar-refractivity contribution in [1.82, 2.24) is 24.7 Å². The minimum Gasteiger partial charge on any atom is -0.388 e. The van der Waals surface area contributed by atoms with E-state index in [0.29, 0.717) is 25.8 Å². The summed E-state index contributed by atoms with van der Waals surface area (Å²) in [6.07, 6.45) is 5.21. The van der Waals surface area contributed by atoms with Crippen LogP contribution in [0.5, 0.6) is 0 Å². The molecule has 1 aromatic rings. The number of rotatable bonds is 5. The minimum absolute atomic E-state index is 0.115. The van der Waals surface area contributed by atoms with Crippen LogP contribution in [0, 0.1) is 0 Å². The molecule has 4 amide bonds. The molecule has 2 atom stereocenters. The highest BCUT2D eigenvalue weighted by atomic mass is 16.3. The maximum absolute atomic E-state index is 12.8. The predicted octanol–water partition coefficient (Wildman–Crippen LogP) is -0.294. The molecule has 3 N–H and O–H groups in total. The number of aliphatic hydroxyl groups is 1. The number of hydrogen-bond acceptors (Lipinski definition) is 6. The number of nitrogens with zero attached hydrogens (tertiary/aromatic N) is 3. The molecule has 0 aromatic carbocycles. The Bertz CT molecular complexity index is 1040. The van der Waals surface area contributed by atoms with Gasteiger partial charge in [-0.15, -0.1) is 0 Å². The first-order chi connectivity index (χ1) is 15.1. The van der Waals surface area contributed by atoms with E-state index >= 15 is 0 Å². The van der Waals surface area contributed by atoms with E-state index in [4.69, 9.17) is 0 Å². The van der Waals surface area contributed by atoms with Crippen LogP contribution >= 0.6 is 0 Å². The summed E-state index contributed by atoms with van der Waals surface area (Å²) in [5, 5.41) is 13.6. The van der Waals surface area contributed by atoms with E-state index in [0.717, 1.165) is 12.8 Å². The fourth-order valence-electron chi connectivity index (χ4n) is 5.05. The average Bonchev–Trinajstić information content (AvgIpc) is 3.28. The van der Waals surface area contributed by atoms with Crippen LogP contribution in [-0.2, 0) is 9.59 Å². The van der Waals surface area contributed by atoms with Crippen molar-refractivity contribution in [3.63, 3.8) is 0 Å². The molecule has 3 heterocycles. The molecule has 1 aliphatic carbocycles. The first kappa shape index (κ1) is 22.3. The van der Waals surface area contributed by atoms with Gasteiger partial charge in [-0.2, -0.15) is 0 Å². The van der Waals surface area contributed by atoms with Crippen molar-refractivity contribution in [2.45, 2.75) is 69.1 Å². The zero-order valence-corrected chi connectivity index (χ0v) is 18.1. The summed E-state index contributed by atoms with van der Waals surface area (Å²) in [7, 11) is 0. The van der Waals surface area contributed by atoms with Gasteiger partial charge in [0.05, 0.1) is 11.6 Å². The third kappa shape index (κ3) is 3.96. The number of imide groups is 1. The lowest BCUT2D eigenvalue weighted by Gasteiger charge is -2.43. The van der Waals surface area contributed by atoms with Gasteiger partial charge in [0.25, 0.3) is 11.5 Å². The third-order valence-electron chi connectivity index (χ3n) is 7.01. The quantitative estimate of drug-likeness (QED) is 0.529. The van der Waals surface area contributed by atoms with Crippen LogP contribution in [0.2, 0.25) is 0 Å². The van der Waals surface area contributed by atoms with E-state index in [9.17, 15) is 29.1 Å². The van der Waals surface area contributed by atoms with E-state index in [2.05, 4.69) is 10.3 Å². The number of likely N-dealkylation sites (tertiary alicyclic amines) is 1. The van der Waals surface area contributed by atoms with E-state index in [1.165, 1.54) is 21.7 Å². The van der Waals surface area contributed by atoms with Crippen LogP contribution in [0.1, 0.15) is 57.9 Å². The van der Waals surface area contributed by atoms with Crippen molar-refractivity contribution in [3.05, 3.63) is 33.1 Å². The third-order valence-corrected chi connectivity index (χ3v) is 7.01. The van der Waals surface area contributed by atoms with E-state index < -0.39 is 34.5 Å². The highest BCUT2D eigenvalue weighted by molar-refractivity contribution is 6.07. The van der Waals surface area contributed by atoms with Crippen LogP contribution < -0.4 is 16.6 Å². The topological polar surface area (TPSA) is 145 Å². The first-order valence-electron chi connectivity index (χ1n) is 11.1. The van der Waals surface area contributed by atoms with Crippen molar-refractivity contribution in [2.75, 3.05) is 19.6 Å². The summed E-state index contributed by atoms with van der Waals surface area (Å²) < 4.78 is 1.25. The van der Waals surface area contributed by atoms with Gasteiger partial charge in [-0.05, 0) is 32.6 Å². The van der Waals surface area contributed by atoms with Gasteiger partial charge >= 0.3 is 11.7 Å². The number of hydrogen-bond donors (Lipinski definition) is 3. The zero-order valence-electron chi connectivity index (χ0n) is 18.1. The van der Waals surface area contributed by atoms with Crippen molar-refractivity contribution in [1.29, 1.82) is 0 Å². The van der Waals surface area contributed by atoms with Gasteiger partial charge in [0, 0.05) is 38.3 Å². The Morgan fingerprint density at radius 2 is 1.91 bits per heavy atom. The lowest BCUT2D eigenvalue weighted by atomic mass is 9.88.